The molecule has 3 heterocycles. The van der Waals surface area contributed by atoms with Crippen LogP contribution in [0.25, 0.3) is 0 Å². The molecule has 7 nitrogen and oxygen atoms in total. The number of carbonyl (C=O) groups excluding carboxylic acids is 1. The van der Waals surface area contributed by atoms with E-state index < -0.39 is 15.6 Å². The van der Waals surface area contributed by atoms with Gasteiger partial charge in [0.1, 0.15) is 5.82 Å². The predicted octanol–water partition coefficient (Wildman–Crippen LogP) is 2.68. The van der Waals surface area contributed by atoms with Crippen molar-refractivity contribution >= 4 is 15.9 Å². The first-order valence-electron chi connectivity index (χ1n) is 10.3. The Morgan fingerprint density at radius 3 is 2.63 bits per heavy atom. The molecule has 9 heteroatoms. The van der Waals surface area contributed by atoms with E-state index in [4.69, 9.17) is 0 Å². The number of sulfonamides is 1. The number of imidazole rings is 1. The fourth-order valence-corrected chi connectivity index (χ4v) is 6.46. The number of carbonyl (C=O) groups is 1. The third-order valence-electron chi connectivity index (χ3n) is 6.45. The van der Waals surface area contributed by atoms with Crippen LogP contribution in [0.15, 0.2) is 41.8 Å². The van der Waals surface area contributed by atoms with Crippen LogP contribution in [0.1, 0.15) is 44.6 Å². The molecular formula is C21H27FN4O3S. The molecule has 162 valence electrons. The smallest absolute Gasteiger partial charge is 0.262 e. The highest BCUT2D eigenvalue weighted by atomic mass is 32.2. The van der Waals surface area contributed by atoms with E-state index in [1.807, 2.05) is 11.8 Å². The predicted molar refractivity (Wildman–Crippen MR) is 109 cm³/mol. The van der Waals surface area contributed by atoms with E-state index in [2.05, 4.69) is 4.98 Å². The first-order valence-corrected chi connectivity index (χ1v) is 11.7. The van der Waals surface area contributed by atoms with Crippen LogP contribution in [0.3, 0.4) is 0 Å². The van der Waals surface area contributed by atoms with E-state index >= 15 is 0 Å². The van der Waals surface area contributed by atoms with Crippen LogP contribution in [0, 0.1) is 5.82 Å². The van der Waals surface area contributed by atoms with Gasteiger partial charge in [0.2, 0.25) is 5.91 Å². The van der Waals surface area contributed by atoms with Crippen molar-refractivity contribution in [2.45, 2.75) is 62.2 Å². The van der Waals surface area contributed by atoms with Crippen molar-refractivity contribution in [3.05, 3.63) is 48.2 Å². The summed E-state index contributed by atoms with van der Waals surface area (Å²) in [7, 11) is -2.02. The van der Waals surface area contributed by atoms with Gasteiger partial charge in [-0.15, -0.1) is 0 Å². The largest absolute Gasteiger partial charge is 0.339 e. The highest BCUT2D eigenvalue weighted by Gasteiger charge is 2.53. The van der Waals surface area contributed by atoms with E-state index in [-0.39, 0.29) is 22.8 Å². The van der Waals surface area contributed by atoms with Crippen molar-refractivity contribution in [1.82, 2.24) is 18.8 Å². The molecule has 2 aliphatic heterocycles. The maximum absolute atomic E-state index is 13.3. The summed E-state index contributed by atoms with van der Waals surface area (Å²) in [5, 5.41) is 0.0349. The van der Waals surface area contributed by atoms with Gasteiger partial charge >= 0.3 is 0 Å². The summed E-state index contributed by atoms with van der Waals surface area (Å²) in [6, 6.07) is 5.80. The van der Waals surface area contributed by atoms with Crippen molar-refractivity contribution in [2.24, 2.45) is 7.05 Å². The summed E-state index contributed by atoms with van der Waals surface area (Å²) in [5.41, 5.74) is 0.199. The number of hydrogen-bond donors (Lipinski definition) is 0. The number of likely N-dealkylation sites (tertiary alicyclic amines) is 1. The molecule has 30 heavy (non-hydrogen) atoms. The van der Waals surface area contributed by atoms with Gasteiger partial charge in [0.15, 0.2) is 5.03 Å². The second kappa shape index (κ2) is 7.77. The van der Waals surface area contributed by atoms with Crippen molar-refractivity contribution in [2.75, 3.05) is 6.54 Å². The van der Waals surface area contributed by atoms with Crippen LogP contribution in [0.4, 0.5) is 4.39 Å². The molecular weight excluding hydrogens is 407 g/mol. The molecule has 1 aromatic heterocycles. The van der Waals surface area contributed by atoms with Gasteiger partial charge in [-0.05, 0) is 43.9 Å². The third kappa shape index (κ3) is 3.65. The summed E-state index contributed by atoms with van der Waals surface area (Å²) in [6.45, 7) is 2.66. The molecule has 0 spiro atoms. The molecule has 0 bridgehead atoms. The lowest BCUT2D eigenvalue weighted by Gasteiger charge is -2.45. The molecule has 2 aliphatic rings. The Labute approximate surface area is 176 Å². The van der Waals surface area contributed by atoms with Crippen molar-refractivity contribution in [3.8, 4) is 0 Å². The number of hydrogen-bond acceptors (Lipinski definition) is 4. The Bertz CT molecular complexity index is 1040. The monoisotopic (exact) mass is 434 g/mol. The molecule has 2 atom stereocenters. The molecule has 0 radical (unpaired) electrons. The Kier molecular flexibility index (Phi) is 5.44. The normalized spacial score (nSPS) is 25.8. The minimum Gasteiger partial charge on any atom is -0.339 e. The minimum absolute atomic E-state index is 0.0172. The van der Waals surface area contributed by atoms with Crippen LogP contribution in [0.2, 0.25) is 0 Å². The Morgan fingerprint density at radius 2 is 1.97 bits per heavy atom. The van der Waals surface area contributed by atoms with Crippen LogP contribution >= 0.6 is 0 Å². The van der Waals surface area contributed by atoms with Gasteiger partial charge in [0.25, 0.3) is 10.0 Å². The summed E-state index contributed by atoms with van der Waals surface area (Å²) >= 11 is 0. The highest BCUT2D eigenvalue weighted by molar-refractivity contribution is 7.89. The quantitative estimate of drug-likeness (QED) is 0.742. The van der Waals surface area contributed by atoms with E-state index in [1.54, 1.807) is 23.7 Å². The standard InChI is InChI=1S/C21H27FN4O3S/c1-21-11-12-26(30(28,29)19-14-24(2)15-23-19)18(21)5-3-4-6-20(27)25(21)13-16-7-9-17(22)10-8-16/h7-10,14-15,18H,3-6,11-13H2,1-2H3/t18-,21-/m1/s1. The fourth-order valence-electron chi connectivity index (χ4n) is 4.74. The Morgan fingerprint density at radius 1 is 1.23 bits per heavy atom. The average molecular weight is 435 g/mol. The van der Waals surface area contributed by atoms with Gasteiger partial charge in [-0.1, -0.05) is 18.6 Å². The topological polar surface area (TPSA) is 75.5 Å². The summed E-state index contributed by atoms with van der Waals surface area (Å²) < 4.78 is 43.1. The fraction of sp³-hybridized carbons (Fsp3) is 0.524. The summed E-state index contributed by atoms with van der Waals surface area (Å²) in [6.07, 6.45) is 6.19. The number of benzene rings is 1. The number of fused-ring (bicyclic) bond motifs is 1. The number of halogens is 1. The number of amides is 1. The van der Waals surface area contributed by atoms with Crippen LogP contribution in [-0.2, 0) is 28.4 Å². The molecule has 2 fully saturated rings. The molecule has 0 saturated carbocycles. The summed E-state index contributed by atoms with van der Waals surface area (Å²) in [5.74, 6) is -0.307. The minimum atomic E-state index is -3.76. The second-order valence-electron chi connectivity index (χ2n) is 8.47. The molecule has 1 aromatic carbocycles. The molecule has 1 amide bonds. The van der Waals surface area contributed by atoms with Gasteiger partial charge in [-0.3, -0.25) is 4.79 Å². The van der Waals surface area contributed by atoms with Crippen molar-refractivity contribution in [1.29, 1.82) is 0 Å². The van der Waals surface area contributed by atoms with Crippen LogP contribution in [0.5, 0.6) is 0 Å². The van der Waals surface area contributed by atoms with E-state index in [1.165, 1.54) is 29.0 Å². The lowest BCUT2D eigenvalue weighted by Crippen LogP contribution is -2.58. The Balaban J connectivity index is 1.69. The molecule has 2 aromatic rings. The molecule has 4 rings (SSSR count). The van der Waals surface area contributed by atoms with Gasteiger partial charge in [0.05, 0.1) is 11.9 Å². The maximum atomic E-state index is 13.3. The van der Waals surface area contributed by atoms with Crippen LogP contribution < -0.4 is 0 Å². The van der Waals surface area contributed by atoms with Crippen LogP contribution in [-0.4, -0.2) is 51.2 Å². The SMILES string of the molecule is Cn1cnc(S(=O)(=O)N2CC[C@]3(C)[C@H]2CCCCC(=O)N3Cc2ccc(F)cc2)c1. The second-order valence-corrected chi connectivity index (χ2v) is 10.3. The van der Waals surface area contributed by atoms with Gasteiger partial charge < -0.3 is 9.47 Å². The summed E-state index contributed by atoms with van der Waals surface area (Å²) in [4.78, 5) is 19.0. The van der Waals surface area contributed by atoms with E-state index in [0.717, 1.165) is 18.4 Å². The molecule has 0 unspecified atom stereocenters. The Hall–Kier alpha value is -2.26. The molecule has 0 aliphatic carbocycles. The van der Waals surface area contributed by atoms with E-state index in [9.17, 15) is 17.6 Å². The van der Waals surface area contributed by atoms with Gasteiger partial charge in [-0.2, -0.15) is 4.31 Å². The third-order valence-corrected chi connectivity index (χ3v) is 8.24. The zero-order valence-corrected chi connectivity index (χ0v) is 18.1. The lowest BCUT2D eigenvalue weighted by atomic mass is 9.84. The zero-order chi connectivity index (χ0) is 21.5. The number of rotatable bonds is 4. The van der Waals surface area contributed by atoms with Gasteiger partial charge in [0, 0.05) is 38.8 Å². The van der Waals surface area contributed by atoms with E-state index in [0.29, 0.717) is 32.4 Å². The molecule has 0 N–H and O–H groups in total. The number of aromatic nitrogens is 2. The average Bonchev–Trinajstić information content (AvgIpc) is 3.28. The number of nitrogens with zero attached hydrogens (tertiary/aromatic N) is 4. The van der Waals surface area contributed by atoms with Crippen molar-refractivity contribution < 1.29 is 17.6 Å². The number of aryl methyl sites for hydroxylation is 1. The van der Waals surface area contributed by atoms with Crippen molar-refractivity contribution in [3.63, 3.8) is 0 Å². The maximum Gasteiger partial charge on any atom is 0.262 e. The first-order chi connectivity index (χ1) is 14.2. The van der Waals surface area contributed by atoms with Gasteiger partial charge in [-0.25, -0.2) is 17.8 Å². The first kappa shape index (κ1) is 21.0. The highest BCUT2D eigenvalue weighted by Crippen LogP contribution is 2.42. The molecule has 2 saturated heterocycles. The lowest BCUT2D eigenvalue weighted by molar-refractivity contribution is -0.140. The zero-order valence-electron chi connectivity index (χ0n) is 17.3.